The van der Waals surface area contributed by atoms with E-state index >= 15 is 0 Å². The highest BCUT2D eigenvalue weighted by molar-refractivity contribution is 8.00. The smallest absolute Gasteiger partial charge is 0.238 e. The van der Waals surface area contributed by atoms with E-state index in [0.717, 1.165) is 17.0 Å². The molecule has 3 unspecified atom stereocenters. The van der Waals surface area contributed by atoms with Crippen molar-refractivity contribution in [1.29, 1.82) is 0 Å². The Morgan fingerprint density at radius 1 is 1.12 bits per heavy atom. The Morgan fingerprint density at radius 3 is 2.36 bits per heavy atom. The molecule has 2 aromatic rings. The first-order chi connectivity index (χ1) is 11.7. The van der Waals surface area contributed by atoms with Gasteiger partial charge in [-0.1, -0.05) is 48.5 Å². The summed E-state index contributed by atoms with van der Waals surface area (Å²) in [7, 11) is 0. The quantitative estimate of drug-likeness (QED) is 0.676. The largest absolute Gasteiger partial charge is 0.391 e. The fourth-order valence-electron chi connectivity index (χ4n) is 2.79. The number of β-amino-alcohol motifs (C(OH)–C–C–N with tert-alkyl or cyclic N) is 1. The molecule has 134 valence electrons. The number of carbonyl (C=O) groups is 1. The van der Waals surface area contributed by atoms with Crippen molar-refractivity contribution in [2.24, 2.45) is 5.92 Å². The number of hydrogen-bond donors (Lipinski definition) is 3. The van der Waals surface area contributed by atoms with Crippen LogP contribution in [0.4, 0.5) is 0 Å². The minimum Gasteiger partial charge on any atom is -0.391 e. The second-order valence-corrected chi connectivity index (χ2v) is 7.13. The van der Waals surface area contributed by atoms with Crippen molar-refractivity contribution in [3.05, 3.63) is 66.2 Å². The van der Waals surface area contributed by atoms with Gasteiger partial charge < -0.3 is 15.7 Å². The van der Waals surface area contributed by atoms with Crippen molar-refractivity contribution < 1.29 is 9.90 Å². The molecule has 0 aromatic heterocycles. The molecule has 0 aliphatic carbocycles. The Balaban J connectivity index is 0.00000225. The first-order valence-corrected chi connectivity index (χ1v) is 9.05. The summed E-state index contributed by atoms with van der Waals surface area (Å²) in [5.74, 6) is 0.0567. The van der Waals surface area contributed by atoms with Crippen LogP contribution in [0.1, 0.15) is 10.8 Å². The third-order valence-corrected chi connectivity index (χ3v) is 5.45. The lowest BCUT2D eigenvalue weighted by Gasteiger charge is -2.19. The normalized spacial score (nSPS) is 20.5. The van der Waals surface area contributed by atoms with Crippen LogP contribution in [0.15, 0.2) is 65.6 Å². The summed E-state index contributed by atoms with van der Waals surface area (Å²) in [4.78, 5) is 13.8. The van der Waals surface area contributed by atoms with Gasteiger partial charge in [0.25, 0.3) is 0 Å². The van der Waals surface area contributed by atoms with Crippen LogP contribution in [0, 0.1) is 5.92 Å². The average molecular weight is 379 g/mol. The Kier molecular flexibility index (Phi) is 7.78. The van der Waals surface area contributed by atoms with Crippen LogP contribution in [0.25, 0.3) is 0 Å². The van der Waals surface area contributed by atoms with Crippen LogP contribution in [-0.2, 0) is 4.79 Å². The van der Waals surface area contributed by atoms with Gasteiger partial charge in [-0.25, -0.2) is 0 Å². The molecule has 6 heteroatoms. The van der Waals surface area contributed by atoms with Gasteiger partial charge in [-0.2, -0.15) is 0 Å². The number of benzene rings is 2. The second-order valence-electron chi connectivity index (χ2n) is 5.95. The molecule has 0 spiro atoms. The summed E-state index contributed by atoms with van der Waals surface area (Å²) in [6.45, 7) is 1.83. The lowest BCUT2D eigenvalue weighted by atomic mass is 10.1. The fraction of sp³-hybridized carbons (Fsp3) is 0.316. The number of nitrogens with one attached hydrogen (secondary N) is 2. The van der Waals surface area contributed by atoms with Gasteiger partial charge in [0.05, 0.1) is 6.10 Å². The average Bonchev–Trinajstić information content (AvgIpc) is 3.04. The predicted molar refractivity (Wildman–Crippen MR) is 104 cm³/mol. The number of aliphatic hydroxyl groups is 1. The highest BCUT2D eigenvalue weighted by atomic mass is 35.5. The van der Waals surface area contributed by atoms with Gasteiger partial charge in [-0.3, -0.25) is 4.79 Å². The number of aliphatic hydroxyl groups excluding tert-OH is 1. The van der Waals surface area contributed by atoms with Crippen molar-refractivity contribution in [3.63, 3.8) is 0 Å². The molecule has 3 atom stereocenters. The van der Waals surface area contributed by atoms with Crippen LogP contribution in [-0.4, -0.2) is 36.8 Å². The van der Waals surface area contributed by atoms with Gasteiger partial charge in [0.1, 0.15) is 5.25 Å². The van der Waals surface area contributed by atoms with Gasteiger partial charge in [-0.15, -0.1) is 24.2 Å². The Bertz CT molecular complexity index is 657. The lowest BCUT2D eigenvalue weighted by molar-refractivity contribution is -0.120. The molecule has 1 amide bonds. The summed E-state index contributed by atoms with van der Waals surface area (Å²) >= 11 is 1.54. The summed E-state index contributed by atoms with van der Waals surface area (Å²) in [6.07, 6.45) is -0.387. The summed E-state index contributed by atoms with van der Waals surface area (Å²) in [6, 6.07) is 19.8. The molecular weight excluding hydrogens is 356 g/mol. The molecule has 1 fully saturated rings. The van der Waals surface area contributed by atoms with Gasteiger partial charge >= 0.3 is 0 Å². The molecule has 1 aliphatic rings. The SMILES string of the molecule is Cl.O=C(NCC1CNCC1O)C(Sc1ccccc1)c1ccccc1. The van der Waals surface area contributed by atoms with E-state index in [1.807, 2.05) is 60.7 Å². The first kappa shape index (κ1) is 19.8. The highest BCUT2D eigenvalue weighted by Crippen LogP contribution is 2.35. The van der Waals surface area contributed by atoms with Crippen LogP contribution < -0.4 is 10.6 Å². The Hall–Kier alpha value is -1.53. The lowest BCUT2D eigenvalue weighted by Crippen LogP contribution is -2.36. The monoisotopic (exact) mass is 378 g/mol. The third kappa shape index (κ3) is 5.47. The third-order valence-electron chi connectivity index (χ3n) is 4.18. The zero-order valence-corrected chi connectivity index (χ0v) is 15.4. The number of halogens is 1. The van der Waals surface area contributed by atoms with Crippen molar-refractivity contribution in [2.75, 3.05) is 19.6 Å². The van der Waals surface area contributed by atoms with Crippen LogP contribution in [0.5, 0.6) is 0 Å². The fourth-order valence-corrected chi connectivity index (χ4v) is 3.86. The molecule has 0 radical (unpaired) electrons. The van der Waals surface area contributed by atoms with E-state index in [9.17, 15) is 9.90 Å². The van der Waals surface area contributed by atoms with Crippen molar-refractivity contribution in [3.8, 4) is 0 Å². The number of thioether (sulfide) groups is 1. The molecular formula is C19H23ClN2O2S. The summed E-state index contributed by atoms with van der Waals surface area (Å²) < 4.78 is 0. The summed E-state index contributed by atoms with van der Waals surface area (Å²) in [5, 5.41) is 15.7. The highest BCUT2D eigenvalue weighted by Gasteiger charge is 2.27. The van der Waals surface area contributed by atoms with Gasteiger partial charge in [0.2, 0.25) is 5.91 Å². The maximum absolute atomic E-state index is 12.8. The predicted octanol–water partition coefficient (Wildman–Crippen LogP) is 2.64. The second kappa shape index (κ2) is 9.82. The number of carbonyl (C=O) groups excluding carboxylic acids is 1. The van der Waals surface area contributed by atoms with Gasteiger partial charge in [-0.05, 0) is 17.7 Å². The minimum atomic E-state index is -0.387. The minimum absolute atomic E-state index is 0. The standard InChI is InChI=1S/C19H22N2O2S.ClH/c22-17-13-20-11-15(17)12-21-19(23)18(14-7-3-1-4-8-14)24-16-9-5-2-6-10-16;/h1-10,15,17-18,20,22H,11-13H2,(H,21,23);1H. The van der Waals surface area contributed by atoms with Crippen molar-refractivity contribution >= 4 is 30.1 Å². The zero-order valence-electron chi connectivity index (χ0n) is 13.8. The Morgan fingerprint density at radius 2 is 1.76 bits per heavy atom. The van der Waals surface area contributed by atoms with Crippen LogP contribution >= 0.6 is 24.2 Å². The van der Waals surface area contributed by atoms with E-state index in [4.69, 9.17) is 0 Å². The molecule has 4 nitrogen and oxygen atoms in total. The molecule has 1 aliphatic heterocycles. The van der Waals surface area contributed by atoms with E-state index in [0.29, 0.717) is 13.1 Å². The number of amides is 1. The van der Waals surface area contributed by atoms with E-state index in [1.165, 1.54) is 0 Å². The van der Waals surface area contributed by atoms with Crippen LogP contribution in [0.2, 0.25) is 0 Å². The topological polar surface area (TPSA) is 61.4 Å². The molecule has 1 saturated heterocycles. The molecule has 0 bridgehead atoms. The maximum Gasteiger partial charge on any atom is 0.238 e. The number of rotatable bonds is 6. The van der Waals surface area contributed by atoms with Gasteiger partial charge in [0.15, 0.2) is 0 Å². The Labute approximate surface area is 158 Å². The van der Waals surface area contributed by atoms with Gasteiger partial charge in [0, 0.05) is 30.4 Å². The molecule has 2 aromatic carbocycles. The van der Waals surface area contributed by atoms with Crippen LogP contribution in [0.3, 0.4) is 0 Å². The first-order valence-electron chi connectivity index (χ1n) is 8.17. The molecule has 25 heavy (non-hydrogen) atoms. The summed E-state index contributed by atoms with van der Waals surface area (Å²) in [5.41, 5.74) is 0.981. The molecule has 0 saturated carbocycles. The number of hydrogen-bond acceptors (Lipinski definition) is 4. The van der Waals surface area contributed by atoms with E-state index in [-0.39, 0.29) is 35.6 Å². The van der Waals surface area contributed by atoms with Crippen molar-refractivity contribution in [2.45, 2.75) is 16.2 Å². The van der Waals surface area contributed by atoms with Crippen molar-refractivity contribution in [1.82, 2.24) is 10.6 Å². The zero-order chi connectivity index (χ0) is 16.8. The van der Waals surface area contributed by atoms with E-state index < -0.39 is 0 Å². The molecule has 3 N–H and O–H groups in total. The maximum atomic E-state index is 12.8. The molecule has 1 heterocycles. The van der Waals surface area contributed by atoms with E-state index in [1.54, 1.807) is 11.8 Å². The van der Waals surface area contributed by atoms with E-state index in [2.05, 4.69) is 10.6 Å². The molecule has 3 rings (SSSR count).